The summed E-state index contributed by atoms with van der Waals surface area (Å²) in [5.74, 6) is 0.347. The van der Waals surface area contributed by atoms with Crippen LogP contribution < -0.4 is 5.73 Å². The Labute approximate surface area is 142 Å². The van der Waals surface area contributed by atoms with Crippen molar-refractivity contribution >= 4 is 30.7 Å². The lowest BCUT2D eigenvalue weighted by molar-refractivity contribution is -0.132. The molecule has 0 bridgehead atoms. The first-order valence-corrected chi connectivity index (χ1v) is 7.68. The van der Waals surface area contributed by atoms with Gasteiger partial charge in [0.2, 0.25) is 5.91 Å². The fourth-order valence-electron chi connectivity index (χ4n) is 2.71. The lowest BCUT2D eigenvalue weighted by atomic mass is 9.98. The van der Waals surface area contributed by atoms with Gasteiger partial charge in [0.25, 0.3) is 0 Å². The van der Waals surface area contributed by atoms with E-state index < -0.39 is 0 Å². The molecule has 1 aliphatic heterocycles. The minimum Gasteiger partial charge on any atom is -0.344 e. The highest BCUT2D eigenvalue weighted by Gasteiger charge is 2.24. The number of likely N-dealkylation sites (tertiary alicyclic amines) is 1. The fourth-order valence-corrected chi connectivity index (χ4v) is 2.71. The van der Waals surface area contributed by atoms with Gasteiger partial charge >= 0.3 is 0 Å². The lowest BCUT2D eigenvalue weighted by Gasteiger charge is -2.34. The van der Waals surface area contributed by atoms with Crippen molar-refractivity contribution in [2.24, 2.45) is 11.7 Å². The Morgan fingerprint density at radius 3 is 2.52 bits per heavy atom. The predicted molar refractivity (Wildman–Crippen MR) is 94.4 cm³/mol. The van der Waals surface area contributed by atoms with E-state index in [4.69, 9.17) is 5.73 Å². The van der Waals surface area contributed by atoms with E-state index in [2.05, 4.69) is 18.9 Å². The molecule has 3 atom stereocenters. The molecule has 0 aromatic heterocycles. The molecule has 4 nitrogen and oxygen atoms in total. The maximum absolute atomic E-state index is 12.2. The summed E-state index contributed by atoms with van der Waals surface area (Å²) in [7, 11) is 4.07. The molecular formula is C15H33Cl2N3O. The van der Waals surface area contributed by atoms with Gasteiger partial charge in [-0.25, -0.2) is 0 Å². The predicted octanol–water partition coefficient (Wildman–Crippen LogP) is 2.54. The van der Waals surface area contributed by atoms with Gasteiger partial charge in [0, 0.05) is 19.6 Å². The number of rotatable bonds is 6. The van der Waals surface area contributed by atoms with Crippen molar-refractivity contribution in [1.82, 2.24) is 9.80 Å². The fraction of sp³-hybridized carbons (Fsp3) is 0.933. The van der Waals surface area contributed by atoms with E-state index in [0.717, 1.165) is 19.4 Å². The summed E-state index contributed by atoms with van der Waals surface area (Å²) in [6.07, 6.45) is 5.90. The van der Waals surface area contributed by atoms with Crippen molar-refractivity contribution in [1.29, 1.82) is 0 Å². The summed E-state index contributed by atoms with van der Waals surface area (Å²) in [5.41, 5.74) is 6.01. The largest absolute Gasteiger partial charge is 0.344 e. The number of hydrogen-bond acceptors (Lipinski definition) is 3. The van der Waals surface area contributed by atoms with Gasteiger partial charge in [-0.3, -0.25) is 4.79 Å². The van der Waals surface area contributed by atoms with Gasteiger partial charge in [0.05, 0.1) is 6.04 Å². The first-order valence-electron chi connectivity index (χ1n) is 7.68. The van der Waals surface area contributed by atoms with Gasteiger partial charge in [0.1, 0.15) is 0 Å². The Bertz CT molecular complexity index is 292. The number of piperidine rings is 1. The molecule has 0 aromatic rings. The molecule has 0 aliphatic carbocycles. The summed E-state index contributed by atoms with van der Waals surface area (Å²) in [5, 5.41) is 0. The maximum atomic E-state index is 12.2. The van der Waals surface area contributed by atoms with E-state index in [1.165, 1.54) is 25.8 Å². The van der Waals surface area contributed by atoms with Gasteiger partial charge in [-0.15, -0.1) is 24.8 Å². The van der Waals surface area contributed by atoms with Crippen LogP contribution in [-0.4, -0.2) is 55.0 Å². The van der Waals surface area contributed by atoms with Gasteiger partial charge in [-0.2, -0.15) is 0 Å². The molecule has 0 saturated carbocycles. The zero-order chi connectivity index (χ0) is 14.4. The zero-order valence-corrected chi connectivity index (χ0v) is 15.5. The van der Waals surface area contributed by atoms with Crippen LogP contribution in [0.3, 0.4) is 0 Å². The number of hydrogen-bond donors (Lipinski definition) is 1. The normalized spacial score (nSPS) is 21.7. The summed E-state index contributed by atoms with van der Waals surface area (Å²) < 4.78 is 0. The van der Waals surface area contributed by atoms with Crippen molar-refractivity contribution in [2.75, 3.05) is 27.2 Å². The van der Waals surface area contributed by atoms with Crippen LogP contribution in [0.15, 0.2) is 0 Å². The van der Waals surface area contributed by atoms with Crippen LogP contribution in [-0.2, 0) is 4.79 Å². The molecule has 1 amide bonds. The Morgan fingerprint density at radius 1 is 1.38 bits per heavy atom. The number of nitrogens with two attached hydrogens (primary N) is 1. The average molecular weight is 342 g/mol. The number of carbonyl (C=O) groups excluding carboxylic acids is 1. The summed E-state index contributed by atoms with van der Waals surface area (Å²) in [6, 6.07) is 0.280. The minimum atomic E-state index is -0.348. The van der Waals surface area contributed by atoms with Crippen molar-refractivity contribution in [2.45, 2.75) is 58.0 Å². The second kappa shape index (κ2) is 11.5. The van der Waals surface area contributed by atoms with Crippen molar-refractivity contribution < 1.29 is 4.79 Å². The number of amides is 1. The van der Waals surface area contributed by atoms with Gasteiger partial charge in [0.15, 0.2) is 0 Å². The molecule has 1 saturated heterocycles. The van der Waals surface area contributed by atoms with Crippen molar-refractivity contribution in [3.05, 3.63) is 0 Å². The van der Waals surface area contributed by atoms with Crippen LogP contribution in [0.4, 0.5) is 0 Å². The molecule has 3 unspecified atom stereocenters. The molecule has 0 radical (unpaired) electrons. The first kappa shape index (κ1) is 23.2. The highest BCUT2D eigenvalue weighted by molar-refractivity contribution is 5.85. The Kier molecular flexibility index (Phi) is 12.8. The van der Waals surface area contributed by atoms with E-state index >= 15 is 0 Å². The van der Waals surface area contributed by atoms with Crippen molar-refractivity contribution in [3.8, 4) is 0 Å². The Morgan fingerprint density at radius 2 is 2.00 bits per heavy atom. The SMILES string of the molecule is CCC(C)C(N)C(=O)N(C)CCC1CCCCN1C.Cl.Cl. The zero-order valence-electron chi connectivity index (χ0n) is 13.9. The van der Waals surface area contributed by atoms with Crippen LogP contribution >= 0.6 is 24.8 Å². The topological polar surface area (TPSA) is 49.6 Å². The van der Waals surface area contributed by atoms with E-state index in [0.29, 0.717) is 6.04 Å². The highest BCUT2D eigenvalue weighted by Crippen LogP contribution is 2.18. The molecule has 1 fully saturated rings. The summed E-state index contributed by atoms with van der Waals surface area (Å²) in [6.45, 7) is 6.13. The van der Waals surface area contributed by atoms with Gasteiger partial charge < -0.3 is 15.5 Å². The molecule has 1 heterocycles. The minimum absolute atomic E-state index is 0. The monoisotopic (exact) mass is 341 g/mol. The van der Waals surface area contributed by atoms with Crippen LogP contribution in [0.5, 0.6) is 0 Å². The third kappa shape index (κ3) is 7.18. The van der Waals surface area contributed by atoms with Gasteiger partial charge in [-0.05, 0) is 38.8 Å². The van der Waals surface area contributed by atoms with E-state index in [9.17, 15) is 4.79 Å². The van der Waals surface area contributed by atoms with E-state index in [1.807, 2.05) is 18.9 Å². The van der Waals surface area contributed by atoms with E-state index in [1.54, 1.807) is 0 Å². The number of halogens is 2. The molecule has 1 rings (SSSR count). The quantitative estimate of drug-likeness (QED) is 0.807. The molecule has 2 N–H and O–H groups in total. The average Bonchev–Trinajstić information content (AvgIpc) is 2.43. The lowest BCUT2D eigenvalue weighted by Crippen LogP contribution is -2.47. The molecule has 21 heavy (non-hydrogen) atoms. The van der Waals surface area contributed by atoms with Gasteiger partial charge in [-0.1, -0.05) is 26.7 Å². The van der Waals surface area contributed by atoms with Crippen LogP contribution in [0.2, 0.25) is 0 Å². The molecule has 0 spiro atoms. The molecule has 128 valence electrons. The standard InChI is InChI=1S/C15H31N3O.2ClH/c1-5-12(2)14(16)15(19)18(4)11-9-13-8-6-7-10-17(13)3;;/h12-14H,5-11,16H2,1-4H3;2*1H. The third-order valence-corrected chi connectivity index (χ3v) is 4.64. The van der Waals surface area contributed by atoms with Crippen LogP contribution in [0, 0.1) is 5.92 Å². The van der Waals surface area contributed by atoms with Crippen LogP contribution in [0.1, 0.15) is 46.0 Å². The van der Waals surface area contributed by atoms with E-state index in [-0.39, 0.29) is 42.7 Å². The summed E-state index contributed by atoms with van der Waals surface area (Å²) in [4.78, 5) is 16.4. The van der Waals surface area contributed by atoms with Crippen LogP contribution in [0.25, 0.3) is 0 Å². The second-order valence-electron chi connectivity index (χ2n) is 6.09. The highest BCUT2D eigenvalue weighted by atomic mass is 35.5. The first-order chi connectivity index (χ1) is 8.97. The van der Waals surface area contributed by atoms with Crippen molar-refractivity contribution in [3.63, 3.8) is 0 Å². The molecular weight excluding hydrogens is 309 g/mol. The summed E-state index contributed by atoms with van der Waals surface area (Å²) >= 11 is 0. The Hall–Kier alpha value is -0.0300. The number of carbonyl (C=O) groups is 1. The molecule has 1 aliphatic rings. The number of nitrogens with zero attached hydrogens (tertiary/aromatic N) is 2. The number of likely N-dealkylation sites (N-methyl/N-ethyl adjacent to an activating group) is 1. The molecule has 6 heteroatoms. The smallest absolute Gasteiger partial charge is 0.239 e. The second-order valence-corrected chi connectivity index (χ2v) is 6.09. The third-order valence-electron chi connectivity index (χ3n) is 4.64. The maximum Gasteiger partial charge on any atom is 0.239 e. The molecule has 0 aromatic carbocycles. The Balaban J connectivity index is 0.